The minimum atomic E-state index is -0.551. The van der Waals surface area contributed by atoms with Gasteiger partial charge in [-0.25, -0.2) is 18.7 Å². The fraction of sp³-hybridized carbons (Fsp3) is 0.452. The normalized spacial score (nSPS) is 21.1. The molecule has 7 heteroatoms. The first kappa shape index (κ1) is 25.1. The van der Waals surface area contributed by atoms with Crippen LogP contribution in [0, 0.1) is 17.6 Å². The average molecular weight is 516 g/mol. The molecule has 38 heavy (non-hydrogen) atoms. The molecular weight excluding hydrogens is 480 g/mol. The van der Waals surface area contributed by atoms with Crippen molar-refractivity contribution in [3.63, 3.8) is 0 Å². The first-order valence-electron chi connectivity index (χ1n) is 14.0. The highest BCUT2D eigenvalue weighted by molar-refractivity contribution is 6.02. The van der Waals surface area contributed by atoms with Gasteiger partial charge in [-0.1, -0.05) is 49.6 Å². The second-order valence-electron chi connectivity index (χ2n) is 10.9. The van der Waals surface area contributed by atoms with E-state index in [4.69, 9.17) is 0 Å². The lowest BCUT2D eigenvalue weighted by Crippen LogP contribution is -2.48. The number of nitrogens with zero attached hydrogens (tertiary/aromatic N) is 5. The van der Waals surface area contributed by atoms with E-state index < -0.39 is 11.6 Å². The van der Waals surface area contributed by atoms with Crippen molar-refractivity contribution >= 4 is 11.7 Å². The first-order chi connectivity index (χ1) is 18.6. The van der Waals surface area contributed by atoms with E-state index in [1.165, 1.54) is 56.8 Å². The van der Waals surface area contributed by atoms with Gasteiger partial charge in [-0.05, 0) is 54.9 Å². The van der Waals surface area contributed by atoms with E-state index in [2.05, 4.69) is 36.9 Å². The van der Waals surface area contributed by atoms with Gasteiger partial charge in [-0.3, -0.25) is 9.89 Å². The van der Waals surface area contributed by atoms with Crippen molar-refractivity contribution < 1.29 is 8.78 Å². The van der Waals surface area contributed by atoms with Gasteiger partial charge < -0.3 is 4.90 Å². The highest BCUT2D eigenvalue weighted by Crippen LogP contribution is 2.33. The first-order valence-corrected chi connectivity index (χ1v) is 14.0. The summed E-state index contributed by atoms with van der Waals surface area (Å²) in [6.07, 6.45) is 12.1. The summed E-state index contributed by atoms with van der Waals surface area (Å²) in [6, 6.07) is 12.1. The van der Waals surface area contributed by atoms with Crippen LogP contribution in [0.4, 0.5) is 14.7 Å². The number of halogens is 2. The second kappa shape index (κ2) is 11.3. The lowest BCUT2D eigenvalue weighted by molar-refractivity contribution is 0.191. The molecule has 0 radical (unpaired) electrons. The Labute approximate surface area is 223 Å². The van der Waals surface area contributed by atoms with Gasteiger partial charge in [-0.15, -0.1) is 0 Å². The standard InChI is InChI=1S/C31H35F2N5/c32-26-7-4-8-27(33)30(26)29-14-13-28(36-29)24-11-9-23(10-12-24)25-19-34-31(35-20-25)38-17-15-37(16-18-38)21-22-5-2-1-3-6-22/h4,7-12,19-20,22,28H,1-3,5-6,13-18,21H2. The molecule has 2 aromatic carbocycles. The zero-order valence-electron chi connectivity index (χ0n) is 21.8. The average Bonchev–Trinajstić information content (AvgIpc) is 3.44. The van der Waals surface area contributed by atoms with Crippen molar-refractivity contribution in [2.75, 3.05) is 37.6 Å². The molecule has 6 rings (SSSR count). The molecule has 1 atom stereocenters. The number of benzene rings is 2. The van der Waals surface area contributed by atoms with Crippen LogP contribution in [0.25, 0.3) is 11.1 Å². The third-order valence-electron chi connectivity index (χ3n) is 8.38. The number of rotatable bonds is 6. The molecule has 3 aromatic rings. The van der Waals surface area contributed by atoms with Crippen LogP contribution < -0.4 is 4.90 Å². The van der Waals surface area contributed by atoms with Crippen molar-refractivity contribution in [2.45, 2.75) is 51.0 Å². The number of anilines is 1. The van der Waals surface area contributed by atoms with Crippen molar-refractivity contribution in [3.8, 4) is 11.1 Å². The predicted molar refractivity (Wildman–Crippen MR) is 148 cm³/mol. The SMILES string of the molecule is Fc1cccc(F)c1C1=NC(c2ccc(-c3cnc(N4CCN(CC5CCCCC5)CC4)nc3)cc2)CC1. The molecular formula is C31H35F2N5. The summed E-state index contributed by atoms with van der Waals surface area (Å²) in [5.41, 5.74) is 3.58. The molecule has 0 bridgehead atoms. The van der Waals surface area contributed by atoms with Crippen molar-refractivity contribution in [1.29, 1.82) is 0 Å². The highest BCUT2D eigenvalue weighted by atomic mass is 19.1. The Hall–Kier alpha value is -3.19. The number of aromatic nitrogens is 2. The number of piperazine rings is 1. The maximum absolute atomic E-state index is 14.2. The van der Waals surface area contributed by atoms with Crippen LogP contribution in [0.1, 0.15) is 62.1 Å². The molecule has 2 fully saturated rings. The summed E-state index contributed by atoms with van der Waals surface area (Å²) in [6.45, 7) is 5.36. The molecule has 1 aliphatic carbocycles. The molecule has 3 heterocycles. The van der Waals surface area contributed by atoms with E-state index in [9.17, 15) is 8.78 Å². The number of hydrogen-bond acceptors (Lipinski definition) is 5. The van der Waals surface area contributed by atoms with E-state index in [0.717, 1.165) is 61.2 Å². The van der Waals surface area contributed by atoms with Crippen LogP contribution in [0.3, 0.4) is 0 Å². The fourth-order valence-corrected chi connectivity index (χ4v) is 6.19. The van der Waals surface area contributed by atoms with Gasteiger partial charge in [0.2, 0.25) is 5.95 Å². The molecule has 3 aliphatic rings. The maximum atomic E-state index is 14.2. The summed E-state index contributed by atoms with van der Waals surface area (Å²) in [5, 5.41) is 0. The lowest BCUT2D eigenvalue weighted by atomic mass is 9.89. The molecule has 1 saturated heterocycles. The lowest BCUT2D eigenvalue weighted by Gasteiger charge is -2.37. The monoisotopic (exact) mass is 515 g/mol. The topological polar surface area (TPSA) is 44.6 Å². The minimum absolute atomic E-state index is 0.00879. The van der Waals surface area contributed by atoms with Crippen LogP contribution in [0.2, 0.25) is 0 Å². The van der Waals surface area contributed by atoms with Crippen LogP contribution >= 0.6 is 0 Å². The molecule has 2 aliphatic heterocycles. The fourth-order valence-electron chi connectivity index (χ4n) is 6.19. The third-order valence-corrected chi connectivity index (χ3v) is 8.38. The molecule has 0 spiro atoms. The molecule has 0 N–H and O–H groups in total. The number of aliphatic imine (C=N–C) groups is 1. The number of hydrogen-bond donors (Lipinski definition) is 0. The van der Waals surface area contributed by atoms with E-state index in [0.29, 0.717) is 12.1 Å². The Morgan fingerprint density at radius 2 is 1.45 bits per heavy atom. The molecule has 1 saturated carbocycles. The Kier molecular flexibility index (Phi) is 7.45. The smallest absolute Gasteiger partial charge is 0.225 e. The van der Waals surface area contributed by atoms with Crippen LogP contribution in [0.15, 0.2) is 59.9 Å². The molecule has 0 amide bonds. The van der Waals surface area contributed by atoms with Crippen molar-refractivity contribution in [2.24, 2.45) is 10.9 Å². The third kappa shape index (κ3) is 5.48. The van der Waals surface area contributed by atoms with Gasteiger partial charge in [0, 0.05) is 56.4 Å². The predicted octanol–water partition coefficient (Wildman–Crippen LogP) is 6.45. The molecule has 198 valence electrons. The Morgan fingerprint density at radius 1 is 0.763 bits per heavy atom. The van der Waals surface area contributed by atoms with Gasteiger partial charge in [0.05, 0.1) is 11.6 Å². The quantitative estimate of drug-likeness (QED) is 0.379. The van der Waals surface area contributed by atoms with Crippen LogP contribution in [-0.2, 0) is 0 Å². The van der Waals surface area contributed by atoms with Gasteiger partial charge >= 0.3 is 0 Å². The second-order valence-corrected chi connectivity index (χ2v) is 10.9. The summed E-state index contributed by atoms with van der Waals surface area (Å²) < 4.78 is 28.4. The maximum Gasteiger partial charge on any atom is 0.225 e. The molecule has 1 aromatic heterocycles. The summed E-state index contributed by atoms with van der Waals surface area (Å²) >= 11 is 0. The Bertz CT molecular complexity index is 1240. The van der Waals surface area contributed by atoms with Crippen LogP contribution in [0.5, 0.6) is 0 Å². The summed E-state index contributed by atoms with van der Waals surface area (Å²) in [7, 11) is 0. The Morgan fingerprint density at radius 3 is 2.13 bits per heavy atom. The zero-order valence-corrected chi connectivity index (χ0v) is 21.8. The molecule has 5 nitrogen and oxygen atoms in total. The van der Waals surface area contributed by atoms with E-state index in [1.807, 2.05) is 24.5 Å². The molecule has 1 unspecified atom stereocenters. The van der Waals surface area contributed by atoms with Crippen molar-refractivity contribution in [3.05, 3.63) is 77.6 Å². The summed E-state index contributed by atoms with van der Waals surface area (Å²) in [5.74, 6) is 0.583. The van der Waals surface area contributed by atoms with Crippen molar-refractivity contribution in [1.82, 2.24) is 14.9 Å². The summed E-state index contributed by atoms with van der Waals surface area (Å²) in [4.78, 5) is 18.9. The van der Waals surface area contributed by atoms with Gasteiger partial charge in [-0.2, -0.15) is 0 Å². The van der Waals surface area contributed by atoms with E-state index in [1.54, 1.807) is 0 Å². The largest absolute Gasteiger partial charge is 0.338 e. The van der Waals surface area contributed by atoms with E-state index in [-0.39, 0.29) is 11.6 Å². The van der Waals surface area contributed by atoms with Gasteiger partial charge in [0.1, 0.15) is 11.6 Å². The zero-order chi connectivity index (χ0) is 25.9. The van der Waals surface area contributed by atoms with E-state index >= 15 is 0 Å². The Balaban J connectivity index is 1.06. The van der Waals surface area contributed by atoms with Gasteiger partial charge in [0.25, 0.3) is 0 Å². The van der Waals surface area contributed by atoms with Gasteiger partial charge in [0.15, 0.2) is 0 Å². The highest BCUT2D eigenvalue weighted by Gasteiger charge is 2.25. The minimum Gasteiger partial charge on any atom is -0.338 e. The van der Waals surface area contributed by atoms with Crippen LogP contribution in [-0.4, -0.2) is 53.3 Å².